The molecule has 0 N–H and O–H groups in total. The molecule has 1 aliphatic rings. The molecule has 3 aromatic carbocycles. The predicted octanol–water partition coefficient (Wildman–Crippen LogP) is 9.66. The smallest absolute Gasteiger partial charge is 0.216 e. The number of hydrogen-bond donors (Lipinski definition) is 0. The minimum Gasteiger partial charge on any atom is -0.486 e. The Morgan fingerprint density at radius 3 is 2.67 bits per heavy atom. The first-order chi connectivity index (χ1) is 23.2. The van der Waals surface area contributed by atoms with Gasteiger partial charge in [-0.25, -0.2) is 4.98 Å². The molecule has 45 heavy (non-hydrogen) atoms. The SMILES string of the molecule is CC1=CCn2c(-c3[c-]cccc3)nc3cccc1c32.[2H]C([2H])([2H])c1ccc2c(n1)oc1c(-c3cc(C([2H])([2H])C(C)(C)C)ccn3)[c-]ccc12.[Ir]. The number of para-hydroxylation sites is 1. The summed E-state index contributed by atoms with van der Waals surface area (Å²) in [5, 5.41) is 1.48. The van der Waals surface area contributed by atoms with E-state index < -0.39 is 18.6 Å². The van der Waals surface area contributed by atoms with E-state index in [0.29, 0.717) is 27.8 Å². The van der Waals surface area contributed by atoms with Gasteiger partial charge in [0, 0.05) is 56.3 Å². The number of furan rings is 1. The van der Waals surface area contributed by atoms with Crippen molar-refractivity contribution in [3.05, 3.63) is 120 Å². The van der Waals surface area contributed by atoms with Gasteiger partial charge in [-0.05, 0) is 61.1 Å². The van der Waals surface area contributed by atoms with Crippen LogP contribution in [0.2, 0.25) is 0 Å². The first-order valence-corrected chi connectivity index (χ1v) is 14.6. The van der Waals surface area contributed by atoms with Crippen LogP contribution in [0.4, 0.5) is 0 Å². The Kier molecular flexibility index (Phi) is 6.74. The summed E-state index contributed by atoms with van der Waals surface area (Å²) in [6.07, 6.45) is 2.27. The molecule has 0 fully saturated rings. The molecule has 0 saturated carbocycles. The van der Waals surface area contributed by atoms with Gasteiger partial charge >= 0.3 is 0 Å². The van der Waals surface area contributed by atoms with Crippen LogP contribution >= 0.6 is 0 Å². The number of aryl methyl sites for hydroxylation is 1. The van der Waals surface area contributed by atoms with E-state index in [1.54, 1.807) is 30.5 Å². The van der Waals surface area contributed by atoms with Crippen molar-refractivity contribution in [2.75, 3.05) is 0 Å². The van der Waals surface area contributed by atoms with Gasteiger partial charge in [0.25, 0.3) is 0 Å². The predicted molar refractivity (Wildman–Crippen MR) is 179 cm³/mol. The summed E-state index contributed by atoms with van der Waals surface area (Å²) in [4.78, 5) is 13.4. The third-order valence-electron chi connectivity index (χ3n) is 7.56. The van der Waals surface area contributed by atoms with Crippen molar-refractivity contribution < 1.29 is 31.4 Å². The van der Waals surface area contributed by atoms with Gasteiger partial charge < -0.3 is 14.0 Å². The number of aromatic nitrogens is 4. The molecule has 0 bridgehead atoms. The summed E-state index contributed by atoms with van der Waals surface area (Å²) in [5.41, 5.74) is 7.71. The largest absolute Gasteiger partial charge is 0.486 e. The van der Waals surface area contributed by atoms with E-state index in [1.165, 1.54) is 22.7 Å². The summed E-state index contributed by atoms with van der Waals surface area (Å²) < 4.78 is 48.0. The summed E-state index contributed by atoms with van der Waals surface area (Å²) in [5.74, 6) is 1.01. The van der Waals surface area contributed by atoms with Gasteiger partial charge in [-0.2, -0.15) is 0 Å². The summed E-state index contributed by atoms with van der Waals surface area (Å²) in [7, 11) is 0. The molecule has 8 rings (SSSR count). The first kappa shape index (κ1) is 24.9. The molecular weight excluding hydrogens is 733 g/mol. The van der Waals surface area contributed by atoms with Crippen LogP contribution < -0.4 is 0 Å². The third kappa shape index (κ3) is 6.01. The normalized spacial score (nSPS) is 14.8. The van der Waals surface area contributed by atoms with Crippen LogP contribution in [0.5, 0.6) is 0 Å². The van der Waals surface area contributed by atoms with E-state index in [2.05, 4.69) is 63.9 Å². The van der Waals surface area contributed by atoms with Gasteiger partial charge in [0.05, 0.1) is 22.4 Å². The third-order valence-corrected chi connectivity index (χ3v) is 7.56. The van der Waals surface area contributed by atoms with Gasteiger partial charge in [-0.3, -0.25) is 4.98 Å². The van der Waals surface area contributed by atoms with Crippen LogP contribution in [0, 0.1) is 24.4 Å². The molecule has 1 aliphatic heterocycles. The molecule has 0 atom stereocenters. The average Bonchev–Trinajstić information content (AvgIpc) is 3.65. The maximum Gasteiger partial charge on any atom is 0.216 e. The van der Waals surface area contributed by atoms with E-state index in [-0.39, 0.29) is 31.5 Å². The monoisotopic (exact) mass is 772 g/mol. The topological polar surface area (TPSA) is 56.7 Å². The van der Waals surface area contributed by atoms with Gasteiger partial charge in [-0.15, -0.1) is 54.1 Å². The second kappa shape index (κ2) is 12.2. The molecule has 0 spiro atoms. The van der Waals surface area contributed by atoms with Crippen LogP contribution in [-0.2, 0) is 33.0 Å². The molecule has 4 aromatic heterocycles. The van der Waals surface area contributed by atoms with Crippen LogP contribution in [0.15, 0.2) is 95.6 Å². The van der Waals surface area contributed by atoms with Gasteiger partial charge in [0.15, 0.2) is 0 Å². The Labute approximate surface area is 284 Å². The fraction of sp³-hybridized carbons (Fsp3) is 0.205. The van der Waals surface area contributed by atoms with Crippen molar-refractivity contribution >= 4 is 38.7 Å². The summed E-state index contributed by atoms with van der Waals surface area (Å²) in [6, 6.07) is 30.9. The minimum atomic E-state index is -2.32. The first-order valence-electron chi connectivity index (χ1n) is 17.1. The minimum absolute atomic E-state index is 0. The second-order valence-corrected chi connectivity index (χ2v) is 11.9. The second-order valence-electron chi connectivity index (χ2n) is 11.9. The standard InChI is InChI=1S/C22H21N2O.C17H13N2.Ir/c1-14-8-9-17-16-6-5-7-18(20(16)25-21(17)24-14)19-12-15(10-11-23-19)13-22(2,3)4;1-12-10-11-19-16-14(12)8-5-9-15(16)18-17(19)13-6-3-2-4-7-13;/h5-6,8-12H,13H2,1-4H3;2-6,8-10H,11H2,1H3;/q2*-1;/i1D3,13D2;;. The maximum atomic E-state index is 8.55. The van der Waals surface area contributed by atoms with Crippen molar-refractivity contribution in [2.45, 2.75) is 47.5 Å². The Balaban J connectivity index is 0.000000185. The molecule has 6 heteroatoms. The molecule has 5 nitrogen and oxygen atoms in total. The molecule has 1 radical (unpaired) electrons. The molecule has 0 saturated heterocycles. The molecule has 0 unspecified atom stereocenters. The number of allylic oxidation sites excluding steroid dienone is 2. The molecular formula is C39H34IrN4O-2. The Morgan fingerprint density at radius 1 is 0.978 bits per heavy atom. The van der Waals surface area contributed by atoms with E-state index in [0.717, 1.165) is 28.8 Å². The van der Waals surface area contributed by atoms with E-state index in [1.807, 2.05) is 45.0 Å². The van der Waals surface area contributed by atoms with E-state index >= 15 is 0 Å². The molecule has 0 amide bonds. The molecule has 227 valence electrons. The quantitative estimate of drug-likeness (QED) is 0.168. The van der Waals surface area contributed by atoms with Crippen LogP contribution in [0.3, 0.4) is 0 Å². The fourth-order valence-corrected chi connectivity index (χ4v) is 5.65. The van der Waals surface area contributed by atoms with Crippen molar-refractivity contribution in [1.82, 2.24) is 19.5 Å². The zero-order valence-corrected chi connectivity index (χ0v) is 27.8. The fourth-order valence-electron chi connectivity index (χ4n) is 5.65. The van der Waals surface area contributed by atoms with Gasteiger partial charge in [0.2, 0.25) is 5.71 Å². The number of hydrogen-bond acceptors (Lipinski definition) is 4. The van der Waals surface area contributed by atoms with Gasteiger partial charge in [-0.1, -0.05) is 61.6 Å². The Hall–Kier alpha value is -4.38. The Morgan fingerprint density at radius 2 is 1.87 bits per heavy atom. The molecule has 7 aromatic rings. The number of benzene rings is 3. The number of nitrogens with zero attached hydrogens (tertiary/aromatic N) is 4. The van der Waals surface area contributed by atoms with Gasteiger partial charge in [0.1, 0.15) is 0 Å². The van der Waals surface area contributed by atoms with Crippen LogP contribution in [0.25, 0.3) is 61.3 Å². The molecule has 5 heterocycles. The number of rotatable bonds is 3. The van der Waals surface area contributed by atoms with Crippen LogP contribution in [-0.4, -0.2) is 19.5 Å². The van der Waals surface area contributed by atoms with E-state index in [4.69, 9.17) is 16.3 Å². The van der Waals surface area contributed by atoms with Crippen molar-refractivity contribution in [3.63, 3.8) is 0 Å². The zero-order valence-electron chi connectivity index (χ0n) is 30.4. The van der Waals surface area contributed by atoms with E-state index in [9.17, 15) is 0 Å². The Bertz CT molecular complexity index is 2390. The number of imidazole rings is 1. The van der Waals surface area contributed by atoms with Crippen molar-refractivity contribution in [2.24, 2.45) is 5.41 Å². The van der Waals surface area contributed by atoms with Crippen molar-refractivity contribution in [1.29, 1.82) is 0 Å². The summed E-state index contributed by atoms with van der Waals surface area (Å²) >= 11 is 0. The van der Waals surface area contributed by atoms with Crippen molar-refractivity contribution in [3.8, 4) is 22.6 Å². The summed E-state index contributed by atoms with van der Waals surface area (Å²) in [6.45, 7) is 6.29. The maximum absolute atomic E-state index is 8.55. The number of pyridine rings is 2. The average molecular weight is 772 g/mol. The number of fused-ring (bicyclic) bond motifs is 3. The molecule has 0 aliphatic carbocycles. The zero-order chi connectivity index (χ0) is 34.7. The van der Waals surface area contributed by atoms with Crippen LogP contribution in [0.1, 0.15) is 51.4 Å².